The van der Waals surface area contributed by atoms with Crippen molar-refractivity contribution in [3.63, 3.8) is 0 Å². The van der Waals surface area contributed by atoms with Gasteiger partial charge in [0.1, 0.15) is 6.61 Å². The Balaban J connectivity index is 2.15. The Morgan fingerprint density at radius 3 is 2.80 bits per heavy atom. The summed E-state index contributed by atoms with van der Waals surface area (Å²) in [4.78, 5) is 3.56. The van der Waals surface area contributed by atoms with Gasteiger partial charge in [-0.2, -0.15) is 9.37 Å². The van der Waals surface area contributed by atoms with Gasteiger partial charge in [-0.05, 0) is 12.0 Å². The number of aromatic nitrogens is 1. The van der Waals surface area contributed by atoms with Crippen molar-refractivity contribution < 1.29 is 13.9 Å². The van der Waals surface area contributed by atoms with Crippen molar-refractivity contribution in [2.24, 2.45) is 5.92 Å². The van der Waals surface area contributed by atoms with Crippen molar-refractivity contribution in [2.45, 2.75) is 13.8 Å². The summed E-state index contributed by atoms with van der Waals surface area (Å²) in [6.45, 7) is 5.75. The van der Waals surface area contributed by atoms with Crippen molar-refractivity contribution in [1.82, 2.24) is 4.98 Å². The topological polar surface area (TPSA) is 31.4 Å². The van der Waals surface area contributed by atoms with Gasteiger partial charge in [0.05, 0.1) is 6.61 Å². The van der Waals surface area contributed by atoms with Crippen LogP contribution in [0.5, 0.6) is 5.88 Å². The molecule has 1 aromatic rings. The van der Waals surface area contributed by atoms with Crippen LogP contribution in [0.4, 0.5) is 4.39 Å². The first-order valence-electron chi connectivity index (χ1n) is 5.01. The van der Waals surface area contributed by atoms with Gasteiger partial charge < -0.3 is 9.47 Å². The summed E-state index contributed by atoms with van der Waals surface area (Å²) in [5.41, 5.74) is 0. The summed E-state index contributed by atoms with van der Waals surface area (Å²) < 4.78 is 23.1. The molecule has 4 heteroatoms. The fourth-order valence-electron chi connectivity index (χ4n) is 0.994. The summed E-state index contributed by atoms with van der Waals surface area (Å²) in [6, 6.07) is 4.46. The van der Waals surface area contributed by atoms with Crippen molar-refractivity contribution in [1.29, 1.82) is 0 Å². The number of rotatable bonds is 6. The van der Waals surface area contributed by atoms with Gasteiger partial charge in [0.2, 0.25) is 11.8 Å². The molecule has 0 aliphatic heterocycles. The van der Waals surface area contributed by atoms with E-state index in [0.29, 0.717) is 31.6 Å². The molecule has 0 unspecified atom stereocenters. The van der Waals surface area contributed by atoms with Gasteiger partial charge in [-0.3, -0.25) is 0 Å². The largest absolute Gasteiger partial charge is 0.475 e. The van der Waals surface area contributed by atoms with E-state index >= 15 is 0 Å². The molecule has 0 amide bonds. The standard InChI is InChI=1S/C11H16FNO2/c1-9(2)8-14-6-7-15-11-5-3-4-10(12)13-11/h3-5,9H,6-8H2,1-2H3. The number of nitrogens with zero attached hydrogens (tertiary/aromatic N) is 1. The molecule has 1 aromatic heterocycles. The third-order valence-corrected chi connectivity index (χ3v) is 1.62. The van der Waals surface area contributed by atoms with Gasteiger partial charge in [0, 0.05) is 12.7 Å². The van der Waals surface area contributed by atoms with Crippen LogP contribution in [0.25, 0.3) is 0 Å². The Kier molecular flexibility index (Phi) is 5.04. The summed E-state index contributed by atoms with van der Waals surface area (Å²) in [7, 11) is 0. The molecule has 0 N–H and O–H groups in total. The van der Waals surface area contributed by atoms with Crippen LogP contribution in [0.15, 0.2) is 18.2 Å². The summed E-state index contributed by atoms with van der Waals surface area (Å²) in [6.07, 6.45) is 0. The van der Waals surface area contributed by atoms with Crippen LogP contribution in [-0.4, -0.2) is 24.8 Å². The minimum absolute atomic E-state index is 0.295. The average molecular weight is 213 g/mol. The molecule has 0 aliphatic rings. The second-order valence-electron chi connectivity index (χ2n) is 3.62. The van der Waals surface area contributed by atoms with Gasteiger partial charge in [-0.25, -0.2) is 0 Å². The summed E-state index contributed by atoms with van der Waals surface area (Å²) in [5, 5.41) is 0. The van der Waals surface area contributed by atoms with Crippen LogP contribution in [0.3, 0.4) is 0 Å². The third kappa shape index (κ3) is 5.32. The van der Waals surface area contributed by atoms with E-state index in [-0.39, 0.29) is 0 Å². The maximum Gasteiger partial charge on any atom is 0.216 e. The molecule has 0 aliphatic carbocycles. The van der Waals surface area contributed by atoms with Crippen molar-refractivity contribution in [3.05, 3.63) is 24.1 Å². The molecule has 84 valence electrons. The van der Waals surface area contributed by atoms with Gasteiger partial charge in [-0.1, -0.05) is 19.9 Å². The molecular formula is C11H16FNO2. The minimum atomic E-state index is -0.532. The van der Waals surface area contributed by atoms with Crippen LogP contribution in [-0.2, 0) is 4.74 Å². The van der Waals surface area contributed by atoms with Crippen molar-refractivity contribution in [3.8, 4) is 5.88 Å². The summed E-state index contributed by atoms with van der Waals surface area (Å²) in [5.74, 6) is 0.274. The first-order chi connectivity index (χ1) is 7.18. The zero-order valence-electron chi connectivity index (χ0n) is 9.07. The lowest BCUT2D eigenvalue weighted by Gasteiger charge is -2.07. The van der Waals surface area contributed by atoms with Crippen LogP contribution >= 0.6 is 0 Å². The van der Waals surface area contributed by atoms with E-state index in [4.69, 9.17) is 9.47 Å². The number of hydrogen-bond donors (Lipinski definition) is 0. The smallest absolute Gasteiger partial charge is 0.216 e. The Morgan fingerprint density at radius 2 is 2.13 bits per heavy atom. The molecule has 0 bridgehead atoms. The molecule has 0 aromatic carbocycles. The molecule has 0 saturated heterocycles. The normalized spacial score (nSPS) is 10.7. The quantitative estimate of drug-likeness (QED) is 0.536. The van der Waals surface area contributed by atoms with E-state index < -0.39 is 5.95 Å². The number of halogens is 1. The zero-order chi connectivity index (χ0) is 11.1. The second kappa shape index (κ2) is 6.35. The predicted octanol–water partition coefficient (Wildman–Crippen LogP) is 2.27. The first kappa shape index (κ1) is 11.9. The lowest BCUT2D eigenvalue weighted by Crippen LogP contribution is -2.10. The van der Waals surface area contributed by atoms with Gasteiger partial charge in [0.15, 0.2) is 0 Å². The van der Waals surface area contributed by atoms with Gasteiger partial charge in [-0.15, -0.1) is 0 Å². The number of ether oxygens (including phenoxy) is 2. The van der Waals surface area contributed by atoms with Crippen LogP contribution in [0.1, 0.15) is 13.8 Å². The highest BCUT2D eigenvalue weighted by molar-refractivity contribution is 5.10. The monoisotopic (exact) mass is 213 g/mol. The molecule has 0 saturated carbocycles. The number of pyridine rings is 1. The highest BCUT2D eigenvalue weighted by atomic mass is 19.1. The number of hydrogen-bond acceptors (Lipinski definition) is 3. The van der Waals surface area contributed by atoms with Gasteiger partial charge in [0.25, 0.3) is 0 Å². The highest BCUT2D eigenvalue weighted by Crippen LogP contribution is 2.05. The Morgan fingerprint density at radius 1 is 1.33 bits per heavy atom. The van der Waals surface area contributed by atoms with Crippen LogP contribution in [0.2, 0.25) is 0 Å². The SMILES string of the molecule is CC(C)COCCOc1cccc(F)n1. The van der Waals surface area contributed by atoms with Crippen molar-refractivity contribution in [2.75, 3.05) is 19.8 Å². The maximum absolute atomic E-state index is 12.6. The van der Waals surface area contributed by atoms with Crippen LogP contribution in [0, 0.1) is 11.9 Å². The van der Waals surface area contributed by atoms with Crippen LogP contribution < -0.4 is 4.74 Å². The third-order valence-electron chi connectivity index (χ3n) is 1.62. The molecule has 0 atom stereocenters. The molecule has 1 rings (SSSR count). The molecule has 3 nitrogen and oxygen atoms in total. The fraction of sp³-hybridized carbons (Fsp3) is 0.545. The molecule has 0 spiro atoms. The molecular weight excluding hydrogens is 197 g/mol. The van der Waals surface area contributed by atoms with E-state index in [2.05, 4.69) is 18.8 Å². The molecule has 15 heavy (non-hydrogen) atoms. The van der Waals surface area contributed by atoms with E-state index in [0.717, 1.165) is 0 Å². The molecule has 0 fully saturated rings. The van der Waals surface area contributed by atoms with E-state index in [1.54, 1.807) is 12.1 Å². The lowest BCUT2D eigenvalue weighted by atomic mass is 10.2. The highest BCUT2D eigenvalue weighted by Gasteiger charge is 1.98. The molecule has 1 heterocycles. The van der Waals surface area contributed by atoms with Gasteiger partial charge >= 0.3 is 0 Å². The lowest BCUT2D eigenvalue weighted by molar-refractivity contribution is 0.0804. The average Bonchev–Trinajstić information content (AvgIpc) is 2.17. The summed E-state index contributed by atoms with van der Waals surface area (Å²) >= 11 is 0. The first-order valence-corrected chi connectivity index (χ1v) is 5.01. The minimum Gasteiger partial charge on any atom is -0.475 e. The molecule has 0 radical (unpaired) electrons. The maximum atomic E-state index is 12.6. The Bertz CT molecular complexity index is 292. The predicted molar refractivity (Wildman–Crippen MR) is 55.3 cm³/mol. The fourth-order valence-corrected chi connectivity index (χ4v) is 0.994. The zero-order valence-corrected chi connectivity index (χ0v) is 9.07. The Hall–Kier alpha value is -1.16. The second-order valence-corrected chi connectivity index (χ2v) is 3.62. The van der Waals surface area contributed by atoms with E-state index in [1.165, 1.54) is 6.07 Å². The van der Waals surface area contributed by atoms with Crippen molar-refractivity contribution >= 4 is 0 Å². The van der Waals surface area contributed by atoms with E-state index in [1.807, 2.05) is 0 Å². The van der Waals surface area contributed by atoms with E-state index in [9.17, 15) is 4.39 Å². The Labute approximate surface area is 89.2 Å².